The van der Waals surface area contributed by atoms with Gasteiger partial charge in [0.25, 0.3) is 0 Å². The second kappa shape index (κ2) is 6.86. The monoisotopic (exact) mass is 276 g/mol. The number of hydrogen-bond donors (Lipinski definition) is 1. The smallest absolute Gasteiger partial charge is 0.229 e. The number of carbonyl (C=O) groups is 1. The van der Waals surface area contributed by atoms with Crippen molar-refractivity contribution in [2.75, 3.05) is 25.5 Å². The molecule has 1 aliphatic heterocycles. The predicted octanol–water partition coefficient (Wildman–Crippen LogP) is 2.50. The van der Waals surface area contributed by atoms with Crippen LogP contribution in [0.2, 0.25) is 0 Å². The largest absolute Gasteiger partial charge is 0.377 e. The summed E-state index contributed by atoms with van der Waals surface area (Å²) >= 11 is 0. The number of nitrogens with zero attached hydrogens (tertiary/aromatic N) is 1. The Bertz CT molecular complexity index is 462. The molecule has 110 valence electrons. The van der Waals surface area contributed by atoms with E-state index in [0.717, 1.165) is 24.2 Å². The summed E-state index contributed by atoms with van der Waals surface area (Å²) in [6.07, 6.45) is 0.933. The van der Waals surface area contributed by atoms with E-state index >= 15 is 0 Å². The number of hydrogen-bond acceptors (Lipinski definition) is 3. The molecule has 1 aromatic carbocycles. The quantitative estimate of drug-likeness (QED) is 0.898. The van der Waals surface area contributed by atoms with Crippen molar-refractivity contribution in [1.82, 2.24) is 4.90 Å². The molecule has 2 rings (SSSR count). The zero-order valence-corrected chi connectivity index (χ0v) is 12.6. The number of likely N-dealkylation sites (tertiary alicyclic amines) is 1. The summed E-state index contributed by atoms with van der Waals surface area (Å²) in [5.41, 5.74) is 1.94. The topological polar surface area (TPSA) is 41.6 Å². The Kier molecular flexibility index (Phi) is 5.15. The first kappa shape index (κ1) is 15.0. The Balaban J connectivity index is 1.97. The van der Waals surface area contributed by atoms with Gasteiger partial charge in [-0.3, -0.25) is 4.79 Å². The molecule has 1 aliphatic rings. The second-order valence-electron chi connectivity index (χ2n) is 5.44. The molecule has 0 unspecified atom stereocenters. The summed E-state index contributed by atoms with van der Waals surface area (Å²) < 4.78 is 5.39. The molecule has 2 atom stereocenters. The Hall–Kier alpha value is -1.39. The zero-order chi connectivity index (χ0) is 14.5. The zero-order valence-electron chi connectivity index (χ0n) is 12.6. The molecule has 1 amide bonds. The highest BCUT2D eigenvalue weighted by Crippen LogP contribution is 2.24. The van der Waals surface area contributed by atoms with Crippen molar-refractivity contribution in [3.63, 3.8) is 0 Å². The molecule has 20 heavy (non-hydrogen) atoms. The maximum Gasteiger partial charge on any atom is 0.229 e. The number of anilines is 1. The highest BCUT2D eigenvalue weighted by Gasteiger charge is 2.33. The Morgan fingerprint density at radius 3 is 2.95 bits per heavy atom. The number of amides is 1. The van der Waals surface area contributed by atoms with Crippen molar-refractivity contribution in [2.24, 2.45) is 5.92 Å². The third-order valence-corrected chi connectivity index (χ3v) is 4.07. The fourth-order valence-corrected chi connectivity index (χ4v) is 2.64. The van der Waals surface area contributed by atoms with Gasteiger partial charge in [0, 0.05) is 18.3 Å². The van der Waals surface area contributed by atoms with Crippen LogP contribution >= 0.6 is 0 Å². The van der Waals surface area contributed by atoms with Gasteiger partial charge < -0.3 is 15.0 Å². The van der Waals surface area contributed by atoms with Gasteiger partial charge in [0.1, 0.15) is 0 Å². The average Bonchev–Trinajstić information content (AvgIpc) is 2.77. The van der Waals surface area contributed by atoms with Gasteiger partial charge in [0.2, 0.25) is 5.91 Å². The lowest BCUT2D eigenvalue weighted by Crippen LogP contribution is -2.33. The van der Waals surface area contributed by atoms with Crippen molar-refractivity contribution < 1.29 is 9.53 Å². The fraction of sp³-hybridized carbons (Fsp3) is 0.562. The number of nitrogens with one attached hydrogen (secondary N) is 1. The van der Waals surface area contributed by atoms with E-state index in [-0.39, 0.29) is 11.8 Å². The Labute approximate surface area is 121 Å². The summed E-state index contributed by atoms with van der Waals surface area (Å²) in [7, 11) is 2.07. The summed E-state index contributed by atoms with van der Waals surface area (Å²) in [6.45, 7) is 6.36. The maximum absolute atomic E-state index is 12.3. The van der Waals surface area contributed by atoms with Crippen molar-refractivity contribution in [3.8, 4) is 0 Å². The first-order valence-corrected chi connectivity index (χ1v) is 7.29. The third-order valence-electron chi connectivity index (χ3n) is 4.07. The molecule has 0 saturated carbocycles. The van der Waals surface area contributed by atoms with Gasteiger partial charge in [-0.2, -0.15) is 0 Å². The van der Waals surface area contributed by atoms with Gasteiger partial charge >= 0.3 is 0 Å². The molecule has 4 nitrogen and oxygen atoms in total. The Morgan fingerprint density at radius 2 is 2.30 bits per heavy atom. The van der Waals surface area contributed by atoms with E-state index in [2.05, 4.69) is 24.2 Å². The third kappa shape index (κ3) is 3.58. The van der Waals surface area contributed by atoms with Crippen LogP contribution in [-0.4, -0.2) is 37.0 Å². The maximum atomic E-state index is 12.3. The molecule has 0 aliphatic carbocycles. The summed E-state index contributed by atoms with van der Waals surface area (Å²) in [4.78, 5) is 14.6. The van der Waals surface area contributed by atoms with E-state index in [1.165, 1.54) is 0 Å². The number of ether oxygens (including phenoxy) is 1. The van der Waals surface area contributed by atoms with Gasteiger partial charge in [0.05, 0.1) is 12.5 Å². The summed E-state index contributed by atoms with van der Waals surface area (Å²) in [5.74, 6) is 0.200. The van der Waals surface area contributed by atoms with Crippen molar-refractivity contribution in [3.05, 3.63) is 29.8 Å². The summed E-state index contributed by atoms with van der Waals surface area (Å²) in [5, 5.41) is 3.03. The molecule has 0 spiro atoms. The minimum Gasteiger partial charge on any atom is -0.377 e. The van der Waals surface area contributed by atoms with Gasteiger partial charge in [-0.15, -0.1) is 0 Å². The second-order valence-corrected chi connectivity index (χ2v) is 5.44. The first-order chi connectivity index (χ1) is 9.61. The van der Waals surface area contributed by atoms with Crippen molar-refractivity contribution in [1.29, 1.82) is 0 Å². The summed E-state index contributed by atoms with van der Waals surface area (Å²) in [6, 6.07) is 8.18. The van der Waals surface area contributed by atoms with Crippen LogP contribution in [0, 0.1) is 5.92 Å². The molecule has 1 heterocycles. The van der Waals surface area contributed by atoms with Crippen LogP contribution in [0.15, 0.2) is 24.3 Å². The molecule has 1 N–H and O–H groups in total. The van der Waals surface area contributed by atoms with Crippen LogP contribution in [-0.2, 0) is 16.1 Å². The molecule has 1 saturated heterocycles. The van der Waals surface area contributed by atoms with Crippen molar-refractivity contribution in [2.45, 2.75) is 32.9 Å². The SMILES string of the molecule is CCOCc1cccc(NC(=O)[C@H]2CCN(C)[C@H]2C)c1. The molecule has 1 fully saturated rings. The highest BCUT2D eigenvalue weighted by molar-refractivity contribution is 5.93. The number of benzene rings is 1. The van der Waals surface area contributed by atoms with Crippen LogP contribution in [0.3, 0.4) is 0 Å². The number of rotatable bonds is 5. The van der Waals surface area contributed by atoms with Gasteiger partial charge in [-0.05, 0) is 51.6 Å². The van der Waals surface area contributed by atoms with E-state index in [0.29, 0.717) is 19.3 Å². The van der Waals surface area contributed by atoms with E-state index in [9.17, 15) is 4.79 Å². The Morgan fingerprint density at radius 1 is 1.50 bits per heavy atom. The lowest BCUT2D eigenvalue weighted by molar-refractivity contribution is -0.120. The van der Waals surface area contributed by atoms with Gasteiger partial charge in [0.15, 0.2) is 0 Å². The molecule has 1 aromatic rings. The molecular formula is C16H24N2O2. The minimum absolute atomic E-state index is 0.0792. The molecule has 0 aromatic heterocycles. The van der Waals surface area contributed by atoms with E-state index in [1.807, 2.05) is 31.2 Å². The van der Waals surface area contributed by atoms with Crippen LogP contribution in [0.4, 0.5) is 5.69 Å². The first-order valence-electron chi connectivity index (χ1n) is 7.29. The van der Waals surface area contributed by atoms with Crippen LogP contribution in [0.25, 0.3) is 0 Å². The standard InChI is InChI=1S/C16H24N2O2/c1-4-20-11-13-6-5-7-14(10-13)17-16(19)15-8-9-18(3)12(15)2/h5-7,10,12,15H,4,8-9,11H2,1-3H3,(H,17,19)/t12-,15-/m0/s1. The molecule has 0 radical (unpaired) electrons. The molecule has 4 heteroatoms. The minimum atomic E-state index is 0.0792. The normalized spacial score (nSPS) is 22.9. The van der Waals surface area contributed by atoms with Crippen LogP contribution in [0.5, 0.6) is 0 Å². The lowest BCUT2D eigenvalue weighted by atomic mass is 10.0. The van der Waals surface area contributed by atoms with Crippen LogP contribution in [0.1, 0.15) is 25.8 Å². The average molecular weight is 276 g/mol. The molecular weight excluding hydrogens is 252 g/mol. The van der Waals surface area contributed by atoms with Gasteiger partial charge in [-0.25, -0.2) is 0 Å². The van der Waals surface area contributed by atoms with Crippen molar-refractivity contribution >= 4 is 11.6 Å². The number of carbonyl (C=O) groups excluding carboxylic acids is 1. The lowest BCUT2D eigenvalue weighted by Gasteiger charge is -2.20. The highest BCUT2D eigenvalue weighted by atomic mass is 16.5. The van der Waals surface area contributed by atoms with Gasteiger partial charge in [-0.1, -0.05) is 12.1 Å². The van der Waals surface area contributed by atoms with E-state index in [1.54, 1.807) is 0 Å². The molecule has 0 bridgehead atoms. The van der Waals surface area contributed by atoms with Crippen LogP contribution < -0.4 is 5.32 Å². The predicted molar refractivity (Wildman–Crippen MR) is 80.6 cm³/mol. The van der Waals surface area contributed by atoms with E-state index < -0.39 is 0 Å². The van der Waals surface area contributed by atoms with E-state index in [4.69, 9.17) is 4.74 Å². The fourth-order valence-electron chi connectivity index (χ4n) is 2.64.